The smallest absolute Gasteiger partial charge is 0.248 e. The van der Waals surface area contributed by atoms with Crippen LogP contribution in [0.2, 0.25) is 0 Å². The first-order chi connectivity index (χ1) is 9.16. The fourth-order valence-electron chi connectivity index (χ4n) is 3.78. The molecule has 0 radical (unpaired) electrons. The van der Waals surface area contributed by atoms with Crippen molar-refractivity contribution in [3.63, 3.8) is 0 Å². The van der Waals surface area contributed by atoms with Crippen LogP contribution in [0.4, 0.5) is 0 Å². The van der Waals surface area contributed by atoms with Gasteiger partial charge in [0.25, 0.3) is 0 Å². The molecule has 102 valence electrons. The maximum Gasteiger partial charge on any atom is 0.248 e. The fraction of sp³-hybridized carbons (Fsp3) is 0.533. The Balaban J connectivity index is 2.04. The van der Waals surface area contributed by atoms with Gasteiger partial charge in [0, 0.05) is 18.0 Å². The molecule has 0 aliphatic carbocycles. The van der Waals surface area contributed by atoms with Crippen LogP contribution in [0.25, 0.3) is 0 Å². The second-order valence-electron chi connectivity index (χ2n) is 5.87. The normalized spacial score (nSPS) is 33.3. The highest BCUT2D eigenvalue weighted by molar-refractivity contribution is 5.94. The van der Waals surface area contributed by atoms with Crippen molar-refractivity contribution in [1.82, 2.24) is 4.90 Å². The number of rotatable bonds is 3. The molecule has 1 aromatic rings. The number of hydrogen-bond acceptors (Lipinski definition) is 3. The minimum absolute atomic E-state index is 0.153. The number of benzene rings is 1. The molecule has 19 heavy (non-hydrogen) atoms. The largest absolute Gasteiger partial charge is 0.366 e. The first-order valence-electron chi connectivity index (χ1n) is 6.97. The van der Waals surface area contributed by atoms with Gasteiger partial charge in [-0.3, -0.25) is 4.79 Å². The summed E-state index contributed by atoms with van der Waals surface area (Å²) in [5.41, 5.74) is 13.5. The molecule has 0 aromatic heterocycles. The molecule has 0 saturated carbocycles. The molecule has 3 heterocycles. The van der Waals surface area contributed by atoms with E-state index in [-0.39, 0.29) is 11.3 Å². The minimum atomic E-state index is -0.334. The van der Waals surface area contributed by atoms with Crippen LogP contribution in [-0.4, -0.2) is 37.0 Å². The minimum Gasteiger partial charge on any atom is -0.366 e. The molecule has 4 rings (SSSR count). The van der Waals surface area contributed by atoms with Gasteiger partial charge in [0.1, 0.15) is 0 Å². The van der Waals surface area contributed by atoms with Gasteiger partial charge in [-0.25, -0.2) is 0 Å². The van der Waals surface area contributed by atoms with Crippen molar-refractivity contribution in [2.45, 2.75) is 18.8 Å². The first-order valence-corrected chi connectivity index (χ1v) is 6.97. The van der Waals surface area contributed by atoms with Gasteiger partial charge in [0.15, 0.2) is 0 Å². The summed E-state index contributed by atoms with van der Waals surface area (Å²) >= 11 is 0. The average molecular weight is 259 g/mol. The van der Waals surface area contributed by atoms with Crippen LogP contribution in [0.5, 0.6) is 0 Å². The monoisotopic (exact) mass is 259 g/mol. The highest BCUT2D eigenvalue weighted by atomic mass is 16.1. The standard InChI is InChI=1S/C15H21N3O/c16-10-15-5-7-18(8-6-15)9-13(15)11-3-1-2-4-12(11)14(17)19/h1-4,13H,5-10,16H2,(H2,17,19). The van der Waals surface area contributed by atoms with E-state index in [9.17, 15) is 4.79 Å². The zero-order chi connectivity index (χ0) is 13.5. The first kappa shape index (κ1) is 12.6. The summed E-state index contributed by atoms with van der Waals surface area (Å²) < 4.78 is 0. The van der Waals surface area contributed by atoms with E-state index in [2.05, 4.69) is 4.90 Å². The van der Waals surface area contributed by atoms with Gasteiger partial charge in [-0.1, -0.05) is 18.2 Å². The van der Waals surface area contributed by atoms with Crippen molar-refractivity contribution in [1.29, 1.82) is 0 Å². The molecule has 1 unspecified atom stereocenters. The second-order valence-corrected chi connectivity index (χ2v) is 5.87. The predicted octanol–water partition coefficient (Wildman–Crippen LogP) is 0.924. The Morgan fingerprint density at radius 1 is 1.32 bits per heavy atom. The summed E-state index contributed by atoms with van der Waals surface area (Å²) in [6.07, 6.45) is 2.25. The van der Waals surface area contributed by atoms with E-state index in [1.54, 1.807) is 0 Å². The van der Waals surface area contributed by atoms with Crippen LogP contribution < -0.4 is 11.5 Å². The predicted molar refractivity (Wildman–Crippen MR) is 74.9 cm³/mol. The van der Waals surface area contributed by atoms with Crippen molar-refractivity contribution >= 4 is 5.91 Å². The van der Waals surface area contributed by atoms with Crippen molar-refractivity contribution in [2.24, 2.45) is 16.9 Å². The van der Waals surface area contributed by atoms with Gasteiger partial charge in [-0.05, 0) is 49.5 Å². The molecule has 4 nitrogen and oxygen atoms in total. The zero-order valence-electron chi connectivity index (χ0n) is 11.1. The maximum absolute atomic E-state index is 11.6. The lowest BCUT2D eigenvalue weighted by molar-refractivity contribution is 0.00781. The highest BCUT2D eigenvalue weighted by Crippen LogP contribution is 2.49. The number of fused-ring (bicyclic) bond motifs is 3. The van der Waals surface area contributed by atoms with Gasteiger partial charge in [-0.2, -0.15) is 0 Å². The van der Waals surface area contributed by atoms with E-state index in [0.717, 1.165) is 38.0 Å². The van der Waals surface area contributed by atoms with Crippen LogP contribution in [0, 0.1) is 5.41 Å². The van der Waals surface area contributed by atoms with Gasteiger partial charge >= 0.3 is 0 Å². The summed E-state index contributed by atoms with van der Waals surface area (Å²) in [6.45, 7) is 3.96. The zero-order valence-corrected chi connectivity index (χ0v) is 11.1. The van der Waals surface area contributed by atoms with E-state index < -0.39 is 0 Å². The van der Waals surface area contributed by atoms with Crippen molar-refractivity contribution in [3.8, 4) is 0 Å². The van der Waals surface area contributed by atoms with E-state index in [1.807, 2.05) is 24.3 Å². The quantitative estimate of drug-likeness (QED) is 0.848. The highest BCUT2D eigenvalue weighted by Gasteiger charge is 2.47. The number of nitrogens with two attached hydrogens (primary N) is 2. The van der Waals surface area contributed by atoms with Gasteiger partial charge in [0.2, 0.25) is 5.91 Å². The molecule has 3 fully saturated rings. The molecular weight excluding hydrogens is 238 g/mol. The van der Waals surface area contributed by atoms with Crippen molar-refractivity contribution < 1.29 is 4.79 Å². The molecule has 4 N–H and O–H groups in total. The Bertz CT molecular complexity index is 492. The van der Waals surface area contributed by atoms with E-state index in [1.165, 1.54) is 0 Å². The summed E-state index contributed by atoms with van der Waals surface area (Å²) in [5, 5.41) is 0. The number of amides is 1. The summed E-state index contributed by atoms with van der Waals surface area (Å²) in [4.78, 5) is 14.1. The van der Waals surface area contributed by atoms with Gasteiger partial charge in [-0.15, -0.1) is 0 Å². The Labute approximate surface area is 113 Å². The molecule has 3 aliphatic heterocycles. The van der Waals surface area contributed by atoms with Crippen molar-refractivity contribution in [3.05, 3.63) is 35.4 Å². The third-order valence-electron chi connectivity index (χ3n) is 5.04. The number of primary amides is 1. The number of nitrogens with zero attached hydrogens (tertiary/aromatic N) is 1. The molecular formula is C15H21N3O. The third kappa shape index (κ3) is 1.95. The second kappa shape index (κ2) is 4.62. The lowest BCUT2D eigenvalue weighted by Crippen LogP contribution is -2.56. The number of carbonyl (C=O) groups is 1. The van der Waals surface area contributed by atoms with Crippen LogP contribution in [-0.2, 0) is 0 Å². The molecule has 0 spiro atoms. The van der Waals surface area contributed by atoms with Gasteiger partial charge in [0.05, 0.1) is 0 Å². The Morgan fingerprint density at radius 2 is 2.00 bits per heavy atom. The molecule has 1 atom stereocenters. The van der Waals surface area contributed by atoms with Gasteiger partial charge < -0.3 is 16.4 Å². The van der Waals surface area contributed by atoms with Crippen LogP contribution in [0.3, 0.4) is 0 Å². The lowest BCUT2D eigenvalue weighted by Gasteiger charge is -2.54. The molecule has 3 aliphatic rings. The molecule has 2 bridgehead atoms. The lowest BCUT2D eigenvalue weighted by atomic mass is 9.62. The van der Waals surface area contributed by atoms with E-state index in [4.69, 9.17) is 11.5 Å². The number of carbonyl (C=O) groups excluding carboxylic acids is 1. The van der Waals surface area contributed by atoms with Crippen molar-refractivity contribution in [2.75, 3.05) is 26.2 Å². The average Bonchev–Trinajstić information content (AvgIpc) is 2.48. The SMILES string of the molecule is NCC12CCN(CC1)CC2c1ccccc1C(N)=O. The number of piperidine rings is 3. The third-order valence-corrected chi connectivity index (χ3v) is 5.04. The summed E-state index contributed by atoms with van der Waals surface area (Å²) in [5.74, 6) is 0.00270. The molecule has 4 heteroatoms. The van der Waals surface area contributed by atoms with E-state index in [0.29, 0.717) is 18.0 Å². The maximum atomic E-state index is 11.6. The molecule has 1 amide bonds. The fourth-order valence-corrected chi connectivity index (χ4v) is 3.78. The Morgan fingerprint density at radius 3 is 2.63 bits per heavy atom. The van der Waals surface area contributed by atoms with Crippen LogP contribution in [0.1, 0.15) is 34.7 Å². The summed E-state index contributed by atoms with van der Waals surface area (Å²) in [7, 11) is 0. The molecule has 1 aromatic carbocycles. The Kier molecular flexibility index (Phi) is 3.07. The van der Waals surface area contributed by atoms with E-state index >= 15 is 0 Å². The topological polar surface area (TPSA) is 72.3 Å². The van der Waals surface area contributed by atoms with Crippen LogP contribution in [0.15, 0.2) is 24.3 Å². The Hall–Kier alpha value is -1.39. The summed E-state index contributed by atoms with van der Waals surface area (Å²) in [6, 6.07) is 7.74. The van der Waals surface area contributed by atoms with Crippen LogP contribution >= 0.6 is 0 Å². The number of hydrogen-bond donors (Lipinski definition) is 2. The molecule has 3 saturated heterocycles.